The molecule has 0 heterocycles. The SMILES string of the molecule is c1ccc(-c2ccc(Nc3cccc(-c4ccc5ccccc5c4)c3-c3ccc4ccccc4c3)cc2)cc1. The first-order valence-corrected chi connectivity index (χ1v) is 13.4. The Labute approximate surface area is 229 Å². The molecule has 0 unspecified atom stereocenters. The molecule has 39 heavy (non-hydrogen) atoms. The van der Waals surface area contributed by atoms with Crippen molar-refractivity contribution < 1.29 is 0 Å². The van der Waals surface area contributed by atoms with Gasteiger partial charge in [-0.05, 0) is 79.7 Å². The monoisotopic (exact) mass is 497 g/mol. The third-order valence-electron chi connectivity index (χ3n) is 7.43. The molecule has 0 atom stereocenters. The van der Waals surface area contributed by atoms with Gasteiger partial charge in [0.2, 0.25) is 0 Å². The predicted molar refractivity (Wildman–Crippen MR) is 167 cm³/mol. The molecule has 0 spiro atoms. The van der Waals surface area contributed by atoms with Crippen LogP contribution in [0.4, 0.5) is 11.4 Å². The summed E-state index contributed by atoms with van der Waals surface area (Å²) in [6.45, 7) is 0. The molecular formula is C38H27N. The van der Waals surface area contributed by atoms with Crippen LogP contribution in [0.15, 0.2) is 158 Å². The summed E-state index contributed by atoms with van der Waals surface area (Å²) in [5, 5.41) is 8.72. The number of nitrogens with one attached hydrogen (secondary N) is 1. The molecule has 0 saturated heterocycles. The Bertz CT molecular complexity index is 1920. The fourth-order valence-corrected chi connectivity index (χ4v) is 5.44. The lowest BCUT2D eigenvalue weighted by molar-refractivity contribution is 1.52. The van der Waals surface area contributed by atoms with Gasteiger partial charge >= 0.3 is 0 Å². The van der Waals surface area contributed by atoms with Gasteiger partial charge in [0.1, 0.15) is 0 Å². The van der Waals surface area contributed by atoms with E-state index in [9.17, 15) is 0 Å². The lowest BCUT2D eigenvalue weighted by Crippen LogP contribution is -1.96. The number of hydrogen-bond acceptors (Lipinski definition) is 1. The summed E-state index contributed by atoms with van der Waals surface area (Å²) in [4.78, 5) is 0. The maximum atomic E-state index is 3.75. The molecule has 0 bridgehead atoms. The summed E-state index contributed by atoms with van der Waals surface area (Å²) in [6.07, 6.45) is 0. The second-order valence-electron chi connectivity index (χ2n) is 9.92. The lowest BCUT2D eigenvalue weighted by atomic mass is 9.90. The first-order valence-electron chi connectivity index (χ1n) is 13.4. The van der Waals surface area contributed by atoms with Gasteiger partial charge in [0.15, 0.2) is 0 Å². The molecule has 0 amide bonds. The van der Waals surface area contributed by atoms with Crippen LogP contribution < -0.4 is 5.32 Å². The van der Waals surface area contributed by atoms with Gasteiger partial charge in [0.25, 0.3) is 0 Å². The zero-order valence-corrected chi connectivity index (χ0v) is 21.5. The first kappa shape index (κ1) is 23.0. The highest BCUT2D eigenvalue weighted by atomic mass is 14.9. The minimum Gasteiger partial charge on any atom is -0.355 e. The molecule has 0 aliphatic heterocycles. The van der Waals surface area contributed by atoms with Gasteiger partial charge in [0.05, 0.1) is 0 Å². The number of fused-ring (bicyclic) bond motifs is 2. The van der Waals surface area contributed by atoms with E-state index in [-0.39, 0.29) is 0 Å². The van der Waals surface area contributed by atoms with Crippen molar-refractivity contribution in [2.45, 2.75) is 0 Å². The van der Waals surface area contributed by atoms with E-state index >= 15 is 0 Å². The van der Waals surface area contributed by atoms with Crippen LogP contribution in [0.5, 0.6) is 0 Å². The van der Waals surface area contributed by atoms with Crippen molar-refractivity contribution >= 4 is 32.9 Å². The van der Waals surface area contributed by atoms with Crippen molar-refractivity contribution in [1.29, 1.82) is 0 Å². The van der Waals surface area contributed by atoms with Crippen LogP contribution >= 0.6 is 0 Å². The molecular weight excluding hydrogens is 470 g/mol. The van der Waals surface area contributed by atoms with Crippen LogP contribution in [0.2, 0.25) is 0 Å². The molecule has 1 nitrogen and oxygen atoms in total. The molecule has 0 aromatic heterocycles. The van der Waals surface area contributed by atoms with Crippen molar-refractivity contribution in [3.63, 3.8) is 0 Å². The maximum absolute atomic E-state index is 3.75. The molecule has 0 aliphatic carbocycles. The Morgan fingerprint density at radius 2 is 0.872 bits per heavy atom. The van der Waals surface area contributed by atoms with Crippen molar-refractivity contribution in [1.82, 2.24) is 0 Å². The largest absolute Gasteiger partial charge is 0.355 e. The van der Waals surface area contributed by atoms with E-state index in [4.69, 9.17) is 0 Å². The fourth-order valence-electron chi connectivity index (χ4n) is 5.44. The molecule has 0 fully saturated rings. The highest BCUT2D eigenvalue weighted by Gasteiger charge is 2.14. The van der Waals surface area contributed by atoms with Crippen LogP contribution in [0.25, 0.3) is 54.9 Å². The lowest BCUT2D eigenvalue weighted by Gasteiger charge is -2.18. The Kier molecular flexibility index (Phi) is 5.88. The third kappa shape index (κ3) is 4.56. The maximum Gasteiger partial charge on any atom is 0.0470 e. The minimum atomic E-state index is 1.06. The number of rotatable bonds is 5. The Balaban J connectivity index is 1.36. The molecule has 0 saturated carbocycles. The Morgan fingerprint density at radius 3 is 1.56 bits per heavy atom. The fraction of sp³-hybridized carbons (Fsp3) is 0. The van der Waals surface area contributed by atoms with Crippen LogP contribution in [0, 0.1) is 0 Å². The molecule has 1 heteroatoms. The summed E-state index contributed by atoms with van der Waals surface area (Å²) in [5.41, 5.74) is 9.39. The van der Waals surface area contributed by atoms with Crippen molar-refractivity contribution in [3.8, 4) is 33.4 Å². The summed E-state index contributed by atoms with van der Waals surface area (Å²) in [5.74, 6) is 0. The molecule has 0 radical (unpaired) electrons. The van der Waals surface area contributed by atoms with E-state index < -0.39 is 0 Å². The van der Waals surface area contributed by atoms with E-state index in [0.29, 0.717) is 0 Å². The topological polar surface area (TPSA) is 12.0 Å². The van der Waals surface area contributed by atoms with Gasteiger partial charge in [-0.3, -0.25) is 0 Å². The first-order chi connectivity index (χ1) is 19.3. The van der Waals surface area contributed by atoms with Gasteiger partial charge in [-0.25, -0.2) is 0 Å². The molecule has 0 aliphatic rings. The quantitative estimate of drug-likeness (QED) is 0.249. The minimum absolute atomic E-state index is 1.06. The van der Waals surface area contributed by atoms with Crippen LogP contribution in [0.3, 0.4) is 0 Å². The van der Waals surface area contributed by atoms with Crippen molar-refractivity contribution in [2.24, 2.45) is 0 Å². The molecule has 1 N–H and O–H groups in total. The molecule has 7 aromatic carbocycles. The summed E-state index contributed by atoms with van der Waals surface area (Å²) in [7, 11) is 0. The van der Waals surface area contributed by atoms with E-state index in [1.165, 1.54) is 54.9 Å². The Hall–Kier alpha value is -5.14. The number of benzene rings is 7. The van der Waals surface area contributed by atoms with Gasteiger partial charge in [-0.15, -0.1) is 0 Å². The average Bonchev–Trinajstić information content (AvgIpc) is 3.01. The highest BCUT2D eigenvalue weighted by Crippen LogP contribution is 2.41. The van der Waals surface area contributed by atoms with E-state index in [0.717, 1.165) is 11.4 Å². The van der Waals surface area contributed by atoms with Crippen LogP contribution in [-0.2, 0) is 0 Å². The molecule has 7 rings (SSSR count). The van der Waals surface area contributed by atoms with Gasteiger partial charge in [-0.1, -0.05) is 127 Å². The Morgan fingerprint density at radius 1 is 0.333 bits per heavy atom. The zero-order valence-electron chi connectivity index (χ0n) is 21.5. The zero-order chi connectivity index (χ0) is 26.0. The predicted octanol–water partition coefficient (Wildman–Crippen LogP) is 10.7. The standard InChI is InChI=1S/C38H27N/c1-2-9-27(10-3-1)30-21-23-35(24-22-30)39-37-16-8-15-36(33-19-17-28-11-4-6-13-31(28)25-33)38(37)34-20-18-29-12-5-7-14-32(29)26-34/h1-26,39H. The van der Waals surface area contributed by atoms with E-state index in [1.807, 2.05) is 0 Å². The van der Waals surface area contributed by atoms with Crippen molar-refractivity contribution in [2.75, 3.05) is 5.32 Å². The number of hydrogen-bond donors (Lipinski definition) is 1. The normalized spacial score (nSPS) is 11.1. The average molecular weight is 498 g/mol. The van der Waals surface area contributed by atoms with Gasteiger partial charge < -0.3 is 5.32 Å². The van der Waals surface area contributed by atoms with Gasteiger partial charge in [-0.2, -0.15) is 0 Å². The molecule has 184 valence electrons. The summed E-state index contributed by atoms with van der Waals surface area (Å²) < 4.78 is 0. The second kappa shape index (κ2) is 9.96. The molecule has 7 aromatic rings. The summed E-state index contributed by atoms with van der Waals surface area (Å²) >= 11 is 0. The second-order valence-corrected chi connectivity index (χ2v) is 9.92. The van der Waals surface area contributed by atoms with Crippen LogP contribution in [-0.4, -0.2) is 0 Å². The highest BCUT2D eigenvalue weighted by molar-refractivity contribution is 5.99. The summed E-state index contributed by atoms with van der Waals surface area (Å²) in [6, 6.07) is 56.4. The van der Waals surface area contributed by atoms with Crippen LogP contribution in [0.1, 0.15) is 0 Å². The van der Waals surface area contributed by atoms with Crippen molar-refractivity contribution in [3.05, 3.63) is 158 Å². The van der Waals surface area contributed by atoms with E-state index in [1.54, 1.807) is 0 Å². The smallest absolute Gasteiger partial charge is 0.0470 e. The third-order valence-corrected chi connectivity index (χ3v) is 7.43. The van der Waals surface area contributed by atoms with Gasteiger partial charge in [0, 0.05) is 16.9 Å². The number of anilines is 2. The van der Waals surface area contributed by atoms with E-state index in [2.05, 4.69) is 163 Å².